The summed E-state index contributed by atoms with van der Waals surface area (Å²) in [6.45, 7) is 1.86. The number of fused-ring (bicyclic) bond motifs is 1. The summed E-state index contributed by atoms with van der Waals surface area (Å²) < 4.78 is 15.2. The zero-order chi connectivity index (χ0) is 15.6. The maximum Gasteiger partial charge on any atom is 0.341 e. The van der Waals surface area contributed by atoms with E-state index in [0.717, 1.165) is 5.56 Å². The summed E-state index contributed by atoms with van der Waals surface area (Å²) in [6, 6.07) is 7.40. The number of halogens is 1. The van der Waals surface area contributed by atoms with E-state index in [0.29, 0.717) is 12.0 Å². The lowest BCUT2D eigenvalue weighted by atomic mass is 9.87. The van der Waals surface area contributed by atoms with Gasteiger partial charge < -0.3 is 14.2 Å². The highest BCUT2D eigenvalue weighted by atomic mass is 35.5. The van der Waals surface area contributed by atoms with Crippen molar-refractivity contribution in [1.29, 1.82) is 0 Å². The van der Waals surface area contributed by atoms with Gasteiger partial charge in [0.2, 0.25) is 0 Å². The van der Waals surface area contributed by atoms with Crippen LogP contribution in [0.15, 0.2) is 24.3 Å². The van der Waals surface area contributed by atoms with E-state index in [4.69, 9.17) is 25.8 Å². The number of esters is 2. The highest BCUT2D eigenvalue weighted by Gasteiger charge is 2.56. The van der Waals surface area contributed by atoms with E-state index >= 15 is 0 Å². The number of alkyl halides is 1. The normalized spacial score (nSPS) is 21.3. The van der Waals surface area contributed by atoms with Gasteiger partial charge in [0, 0.05) is 0 Å². The van der Waals surface area contributed by atoms with E-state index in [2.05, 4.69) is 0 Å². The molecule has 0 saturated heterocycles. The molecule has 2 atom stereocenters. The van der Waals surface area contributed by atoms with Crippen molar-refractivity contribution >= 4 is 23.5 Å². The van der Waals surface area contributed by atoms with Crippen LogP contribution in [0.2, 0.25) is 0 Å². The van der Waals surface area contributed by atoms with Crippen molar-refractivity contribution in [3.63, 3.8) is 0 Å². The summed E-state index contributed by atoms with van der Waals surface area (Å²) >= 11 is 6.34. The minimum atomic E-state index is -2.06. The molecule has 6 heteroatoms. The maximum absolute atomic E-state index is 12.1. The number of ether oxygens (including phenoxy) is 3. The van der Waals surface area contributed by atoms with Crippen LogP contribution in [-0.2, 0) is 30.2 Å². The molecule has 1 heterocycles. The van der Waals surface area contributed by atoms with Crippen LogP contribution >= 0.6 is 11.6 Å². The van der Waals surface area contributed by atoms with Crippen LogP contribution < -0.4 is 0 Å². The fourth-order valence-electron chi connectivity index (χ4n) is 2.54. The molecule has 0 amide bonds. The highest BCUT2D eigenvalue weighted by molar-refractivity contribution is 6.45. The maximum atomic E-state index is 12.1. The molecule has 1 aromatic carbocycles. The number of carbonyl (C=O) groups excluding carboxylic acids is 2. The van der Waals surface area contributed by atoms with Crippen molar-refractivity contribution in [2.75, 3.05) is 14.2 Å². The van der Waals surface area contributed by atoms with E-state index in [1.165, 1.54) is 14.2 Å². The lowest BCUT2D eigenvalue weighted by molar-refractivity contribution is -0.166. The van der Waals surface area contributed by atoms with E-state index < -0.39 is 22.9 Å². The van der Waals surface area contributed by atoms with Crippen molar-refractivity contribution in [3.8, 4) is 0 Å². The van der Waals surface area contributed by atoms with E-state index in [1.807, 2.05) is 19.1 Å². The summed E-state index contributed by atoms with van der Waals surface area (Å²) in [5.41, 5.74) is 1.68. The van der Waals surface area contributed by atoms with Gasteiger partial charge in [0.05, 0.1) is 20.3 Å². The SMILES string of the molecule is COC(=O)C(Cl)(C(=O)OC)C1OC(C)Cc2ccccc21. The molecule has 0 radical (unpaired) electrons. The number of hydrogen-bond donors (Lipinski definition) is 0. The molecule has 2 rings (SSSR count). The summed E-state index contributed by atoms with van der Waals surface area (Å²) in [6.07, 6.45) is -0.460. The molecule has 0 N–H and O–H groups in total. The van der Waals surface area contributed by atoms with E-state index in [-0.39, 0.29) is 6.10 Å². The molecule has 0 aliphatic carbocycles. The van der Waals surface area contributed by atoms with Gasteiger partial charge in [0.25, 0.3) is 4.87 Å². The number of hydrogen-bond acceptors (Lipinski definition) is 5. The molecule has 1 aliphatic heterocycles. The second kappa shape index (κ2) is 6.03. The molecule has 0 saturated carbocycles. The third kappa shape index (κ3) is 2.63. The van der Waals surface area contributed by atoms with E-state index in [9.17, 15) is 9.59 Å². The van der Waals surface area contributed by atoms with Crippen LogP contribution in [0.5, 0.6) is 0 Å². The first-order valence-electron chi connectivity index (χ1n) is 6.54. The Morgan fingerprint density at radius 3 is 2.38 bits per heavy atom. The van der Waals surface area contributed by atoms with Crippen LogP contribution in [0.3, 0.4) is 0 Å². The molecule has 2 unspecified atom stereocenters. The molecule has 0 fully saturated rings. The fourth-order valence-corrected chi connectivity index (χ4v) is 2.87. The predicted octanol–water partition coefficient (Wildman–Crippen LogP) is 2.01. The summed E-state index contributed by atoms with van der Waals surface area (Å²) in [5.74, 6) is -1.80. The smallest absolute Gasteiger partial charge is 0.341 e. The van der Waals surface area contributed by atoms with Crippen LogP contribution in [0.25, 0.3) is 0 Å². The molecule has 0 bridgehead atoms. The van der Waals surface area contributed by atoms with Gasteiger partial charge >= 0.3 is 11.9 Å². The van der Waals surface area contributed by atoms with Gasteiger partial charge in [-0.2, -0.15) is 0 Å². The van der Waals surface area contributed by atoms with Crippen LogP contribution in [0.1, 0.15) is 24.2 Å². The number of methoxy groups -OCH3 is 2. The summed E-state index contributed by atoms with van der Waals surface area (Å²) in [7, 11) is 2.33. The molecule has 0 aromatic heterocycles. The molecule has 0 spiro atoms. The predicted molar refractivity (Wildman–Crippen MR) is 76.1 cm³/mol. The van der Waals surface area contributed by atoms with Gasteiger partial charge in [-0.05, 0) is 24.5 Å². The third-order valence-corrected chi connectivity index (χ3v) is 4.05. The zero-order valence-electron chi connectivity index (χ0n) is 12.1. The molecular weight excluding hydrogens is 296 g/mol. The minimum Gasteiger partial charge on any atom is -0.467 e. The number of rotatable bonds is 3. The second-order valence-corrected chi connectivity index (χ2v) is 5.52. The summed E-state index contributed by atoms with van der Waals surface area (Å²) in [4.78, 5) is 22.2. The second-order valence-electron chi connectivity index (χ2n) is 4.92. The van der Waals surface area contributed by atoms with Crippen molar-refractivity contribution in [2.24, 2.45) is 0 Å². The molecule has 5 nitrogen and oxygen atoms in total. The average molecular weight is 313 g/mol. The van der Waals surface area contributed by atoms with Gasteiger partial charge in [0.1, 0.15) is 6.10 Å². The highest BCUT2D eigenvalue weighted by Crippen LogP contribution is 2.42. The van der Waals surface area contributed by atoms with E-state index in [1.54, 1.807) is 12.1 Å². The Bertz CT molecular complexity index is 541. The third-order valence-electron chi connectivity index (χ3n) is 3.54. The average Bonchev–Trinajstić information content (AvgIpc) is 2.51. The van der Waals surface area contributed by atoms with Crippen LogP contribution in [-0.4, -0.2) is 37.1 Å². The first-order chi connectivity index (χ1) is 9.94. The lowest BCUT2D eigenvalue weighted by Gasteiger charge is -2.37. The molecule has 21 heavy (non-hydrogen) atoms. The van der Waals surface area contributed by atoms with Gasteiger partial charge in [-0.1, -0.05) is 35.9 Å². The monoisotopic (exact) mass is 312 g/mol. The first kappa shape index (κ1) is 15.8. The Balaban J connectivity index is 2.55. The van der Waals surface area contributed by atoms with Crippen LogP contribution in [0.4, 0.5) is 0 Å². The Morgan fingerprint density at radius 2 is 1.81 bits per heavy atom. The number of carbonyl (C=O) groups is 2. The Kier molecular flexibility index (Phi) is 4.54. The van der Waals surface area contributed by atoms with Crippen LogP contribution in [0, 0.1) is 0 Å². The Labute approximate surface area is 128 Å². The molecule has 114 valence electrons. The Hall–Kier alpha value is -1.59. The molecular formula is C15H17ClO5. The van der Waals surface area contributed by atoms with Gasteiger partial charge in [-0.3, -0.25) is 0 Å². The lowest BCUT2D eigenvalue weighted by Crippen LogP contribution is -2.51. The van der Waals surface area contributed by atoms with Crippen molar-refractivity contribution in [1.82, 2.24) is 0 Å². The molecule has 1 aromatic rings. The van der Waals surface area contributed by atoms with Gasteiger partial charge in [-0.15, -0.1) is 0 Å². The number of benzene rings is 1. The summed E-state index contributed by atoms with van der Waals surface area (Å²) in [5, 5.41) is 0. The first-order valence-corrected chi connectivity index (χ1v) is 6.92. The van der Waals surface area contributed by atoms with Crippen molar-refractivity contribution in [2.45, 2.75) is 30.4 Å². The standard InChI is InChI=1S/C15H17ClO5/c1-9-8-10-6-4-5-7-11(10)12(21-9)15(16,13(17)19-2)14(18)20-3/h4-7,9,12H,8H2,1-3H3. The van der Waals surface area contributed by atoms with Crippen molar-refractivity contribution < 1.29 is 23.8 Å². The van der Waals surface area contributed by atoms with Gasteiger partial charge in [0.15, 0.2) is 0 Å². The largest absolute Gasteiger partial charge is 0.467 e. The zero-order valence-corrected chi connectivity index (χ0v) is 12.8. The quantitative estimate of drug-likeness (QED) is 0.485. The minimum absolute atomic E-state index is 0.183. The Morgan fingerprint density at radius 1 is 1.24 bits per heavy atom. The topological polar surface area (TPSA) is 61.8 Å². The fraction of sp³-hybridized carbons (Fsp3) is 0.467. The molecule has 1 aliphatic rings. The van der Waals surface area contributed by atoms with Crippen molar-refractivity contribution in [3.05, 3.63) is 35.4 Å². The van der Waals surface area contributed by atoms with Gasteiger partial charge in [-0.25, -0.2) is 9.59 Å².